The van der Waals surface area contributed by atoms with Crippen molar-refractivity contribution >= 4 is 17.4 Å². The van der Waals surface area contributed by atoms with Crippen LogP contribution < -0.4 is 5.73 Å². The van der Waals surface area contributed by atoms with Crippen LogP contribution in [0.3, 0.4) is 0 Å². The van der Waals surface area contributed by atoms with Crippen molar-refractivity contribution < 1.29 is 4.74 Å². The average Bonchev–Trinajstić information content (AvgIpc) is 2.35. The van der Waals surface area contributed by atoms with Crippen molar-refractivity contribution in [3.63, 3.8) is 0 Å². The van der Waals surface area contributed by atoms with Gasteiger partial charge in [0.05, 0.1) is 10.7 Å². The summed E-state index contributed by atoms with van der Waals surface area (Å²) in [5.74, 6) is 1.23. The molecular formula is C13H20ClN3O. The smallest absolute Gasteiger partial charge is 0.123 e. The zero-order valence-corrected chi connectivity index (χ0v) is 11.5. The molecule has 1 aliphatic rings. The Hall–Kier alpha value is -0.840. The van der Waals surface area contributed by atoms with Gasteiger partial charge in [0.1, 0.15) is 5.82 Å². The molecule has 0 aromatic carbocycles. The lowest BCUT2D eigenvalue weighted by atomic mass is 10.00. The number of hydrogen-bond acceptors (Lipinski definition) is 4. The quantitative estimate of drug-likeness (QED) is 0.910. The molecule has 1 fully saturated rings. The molecule has 0 unspecified atom stereocenters. The first-order chi connectivity index (χ1) is 8.65. The van der Waals surface area contributed by atoms with Crippen molar-refractivity contribution in [1.82, 2.24) is 9.88 Å². The number of nitrogens with two attached hydrogens (primary N) is 1. The van der Waals surface area contributed by atoms with E-state index in [0.717, 1.165) is 44.8 Å². The van der Waals surface area contributed by atoms with Crippen LogP contribution >= 0.6 is 11.6 Å². The highest BCUT2D eigenvalue weighted by molar-refractivity contribution is 6.31. The molecule has 100 valence electrons. The number of nitrogens with zero attached hydrogens (tertiary/aromatic N) is 2. The first-order valence-corrected chi connectivity index (χ1v) is 6.70. The Kier molecular flexibility index (Phi) is 4.80. The highest BCUT2D eigenvalue weighted by Crippen LogP contribution is 2.19. The lowest BCUT2D eigenvalue weighted by Crippen LogP contribution is -2.29. The molecule has 0 spiro atoms. The molecule has 18 heavy (non-hydrogen) atoms. The minimum atomic E-state index is 0.522. The van der Waals surface area contributed by atoms with E-state index in [-0.39, 0.29) is 0 Å². The van der Waals surface area contributed by atoms with Crippen molar-refractivity contribution in [2.75, 3.05) is 32.5 Å². The van der Waals surface area contributed by atoms with E-state index in [1.54, 1.807) is 6.07 Å². The summed E-state index contributed by atoms with van der Waals surface area (Å²) in [4.78, 5) is 6.54. The molecule has 4 nitrogen and oxygen atoms in total. The molecule has 1 aromatic heterocycles. The third kappa shape index (κ3) is 3.83. The molecule has 2 N–H and O–H groups in total. The normalized spacial score (nSPS) is 17.3. The van der Waals surface area contributed by atoms with E-state index < -0.39 is 0 Å². The van der Waals surface area contributed by atoms with Gasteiger partial charge in [0.25, 0.3) is 0 Å². The van der Waals surface area contributed by atoms with Crippen LogP contribution in [0.25, 0.3) is 0 Å². The van der Waals surface area contributed by atoms with Gasteiger partial charge in [-0.05, 0) is 37.9 Å². The van der Waals surface area contributed by atoms with Crippen LogP contribution in [0.4, 0.5) is 5.82 Å². The van der Waals surface area contributed by atoms with Gasteiger partial charge in [0, 0.05) is 26.3 Å². The predicted molar refractivity (Wildman–Crippen MR) is 73.5 cm³/mol. The van der Waals surface area contributed by atoms with Gasteiger partial charge in [0.2, 0.25) is 0 Å². The van der Waals surface area contributed by atoms with E-state index in [4.69, 9.17) is 22.1 Å². The summed E-state index contributed by atoms with van der Waals surface area (Å²) in [7, 11) is 2.09. The van der Waals surface area contributed by atoms with Crippen LogP contribution in [0.5, 0.6) is 0 Å². The lowest BCUT2D eigenvalue weighted by molar-refractivity contribution is 0.0548. The molecule has 0 amide bonds. The van der Waals surface area contributed by atoms with E-state index >= 15 is 0 Å². The zero-order valence-electron chi connectivity index (χ0n) is 10.7. The number of aromatic nitrogens is 1. The Morgan fingerprint density at radius 2 is 2.17 bits per heavy atom. The molecule has 0 radical (unpaired) electrons. The molecule has 0 atom stereocenters. The number of anilines is 1. The highest BCUT2D eigenvalue weighted by Gasteiger charge is 2.16. The summed E-state index contributed by atoms with van der Waals surface area (Å²) in [6, 6.07) is 3.53. The Morgan fingerprint density at radius 1 is 1.44 bits per heavy atom. The summed E-state index contributed by atoms with van der Waals surface area (Å²) in [6.07, 6.45) is 2.28. The van der Waals surface area contributed by atoms with E-state index in [0.29, 0.717) is 16.8 Å². The standard InChI is InChI=1S/C13H20ClN3O/c1-17(8-10-4-6-18-7-5-10)9-12-11(14)2-3-13(15)16-12/h2-3,10H,4-9H2,1H3,(H2,15,16). The fraction of sp³-hybridized carbons (Fsp3) is 0.615. The second-order valence-electron chi connectivity index (χ2n) is 4.92. The van der Waals surface area contributed by atoms with E-state index in [1.165, 1.54) is 0 Å². The SMILES string of the molecule is CN(Cc1nc(N)ccc1Cl)CC1CCOCC1. The molecule has 0 bridgehead atoms. The second kappa shape index (κ2) is 6.36. The number of halogens is 1. The molecule has 0 aliphatic carbocycles. The maximum absolute atomic E-state index is 6.12. The van der Waals surface area contributed by atoms with Crippen LogP contribution in [0, 0.1) is 5.92 Å². The summed E-state index contributed by atoms with van der Waals surface area (Å²) < 4.78 is 5.37. The van der Waals surface area contributed by atoms with Gasteiger partial charge >= 0.3 is 0 Å². The first kappa shape index (κ1) is 13.6. The Bertz CT molecular complexity index is 394. The predicted octanol–water partition coefficient (Wildman–Crippen LogP) is 2.18. The minimum absolute atomic E-state index is 0.522. The van der Waals surface area contributed by atoms with Crippen molar-refractivity contribution in [3.05, 3.63) is 22.8 Å². The van der Waals surface area contributed by atoms with Crippen LogP contribution in [0.1, 0.15) is 18.5 Å². The largest absolute Gasteiger partial charge is 0.384 e. The molecule has 0 saturated carbocycles. The van der Waals surface area contributed by atoms with Gasteiger partial charge in [-0.3, -0.25) is 0 Å². The van der Waals surface area contributed by atoms with Crippen LogP contribution in [0.15, 0.2) is 12.1 Å². The lowest BCUT2D eigenvalue weighted by Gasteiger charge is -2.27. The minimum Gasteiger partial charge on any atom is -0.384 e. The topological polar surface area (TPSA) is 51.4 Å². The zero-order chi connectivity index (χ0) is 13.0. The first-order valence-electron chi connectivity index (χ1n) is 6.32. The number of pyridine rings is 1. The van der Waals surface area contributed by atoms with Gasteiger partial charge in [-0.1, -0.05) is 11.6 Å². The maximum Gasteiger partial charge on any atom is 0.123 e. The molecule has 5 heteroatoms. The Labute approximate surface area is 113 Å². The highest BCUT2D eigenvalue weighted by atomic mass is 35.5. The third-order valence-corrected chi connectivity index (χ3v) is 3.61. The van der Waals surface area contributed by atoms with Crippen molar-refractivity contribution in [2.45, 2.75) is 19.4 Å². The monoisotopic (exact) mass is 269 g/mol. The second-order valence-corrected chi connectivity index (χ2v) is 5.32. The van der Waals surface area contributed by atoms with Crippen molar-refractivity contribution in [1.29, 1.82) is 0 Å². The van der Waals surface area contributed by atoms with Crippen LogP contribution in [-0.4, -0.2) is 36.7 Å². The number of nitrogen functional groups attached to an aromatic ring is 1. The third-order valence-electron chi connectivity index (χ3n) is 3.27. The van der Waals surface area contributed by atoms with Gasteiger partial charge in [-0.25, -0.2) is 4.98 Å². The summed E-state index contributed by atoms with van der Waals surface area (Å²) >= 11 is 6.12. The molecule has 1 aromatic rings. The Balaban J connectivity index is 1.89. The molecule has 2 heterocycles. The number of ether oxygens (including phenoxy) is 1. The van der Waals surface area contributed by atoms with Gasteiger partial charge in [-0.2, -0.15) is 0 Å². The van der Waals surface area contributed by atoms with E-state index in [1.807, 2.05) is 6.07 Å². The fourth-order valence-corrected chi connectivity index (χ4v) is 2.47. The summed E-state index contributed by atoms with van der Waals surface area (Å²) in [5, 5.41) is 0.683. The van der Waals surface area contributed by atoms with Gasteiger partial charge in [-0.15, -0.1) is 0 Å². The van der Waals surface area contributed by atoms with Crippen LogP contribution in [-0.2, 0) is 11.3 Å². The van der Waals surface area contributed by atoms with E-state index in [9.17, 15) is 0 Å². The van der Waals surface area contributed by atoms with Gasteiger partial charge in [0.15, 0.2) is 0 Å². The molecular weight excluding hydrogens is 250 g/mol. The van der Waals surface area contributed by atoms with Crippen molar-refractivity contribution in [2.24, 2.45) is 5.92 Å². The summed E-state index contributed by atoms with van der Waals surface area (Å²) in [5.41, 5.74) is 6.54. The molecule has 2 rings (SSSR count). The summed E-state index contributed by atoms with van der Waals surface area (Å²) in [6.45, 7) is 3.56. The van der Waals surface area contributed by atoms with Crippen molar-refractivity contribution in [3.8, 4) is 0 Å². The fourth-order valence-electron chi connectivity index (χ4n) is 2.30. The number of hydrogen-bond donors (Lipinski definition) is 1. The molecule has 1 saturated heterocycles. The van der Waals surface area contributed by atoms with E-state index in [2.05, 4.69) is 16.9 Å². The van der Waals surface area contributed by atoms with Gasteiger partial charge < -0.3 is 15.4 Å². The Morgan fingerprint density at radius 3 is 2.89 bits per heavy atom. The molecule has 1 aliphatic heterocycles. The average molecular weight is 270 g/mol. The number of rotatable bonds is 4. The van der Waals surface area contributed by atoms with Crippen LogP contribution in [0.2, 0.25) is 5.02 Å². The maximum atomic E-state index is 6.12.